The molecule has 0 N–H and O–H groups in total. The summed E-state index contributed by atoms with van der Waals surface area (Å²) in [5, 5.41) is 0. The third-order valence-corrected chi connectivity index (χ3v) is 4.17. The van der Waals surface area contributed by atoms with Gasteiger partial charge in [-0.3, -0.25) is 0 Å². The number of rotatable bonds is 13. The molecule has 0 spiro atoms. The fourth-order valence-electron chi connectivity index (χ4n) is 2.72. The summed E-state index contributed by atoms with van der Waals surface area (Å²) >= 11 is 0. The molecule has 134 valence electrons. The maximum atomic E-state index is 5.88. The van der Waals surface area contributed by atoms with Crippen LogP contribution in [0.15, 0.2) is 30.3 Å². The highest BCUT2D eigenvalue weighted by atomic mass is 79.9. The second kappa shape index (κ2) is 14.0. The summed E-state index contributed by atoms with van der Waals surface area (Å²) < 4.78 is 6.84. The molecule has 3 heteroatoms. The number of halogens is 1. The van der Waals surface area contributed by atoms with Crippen molar-refractivity contribution in [1.29, 1.82) is 0 Å². The Morgan fingerprint density at radius 3 is 2.00 bits per heavy atom. The van der Waals surface area contributed by atoms with Gasteiger partial charge in [0.1, 0.15) is 0 Å². The zero-order chi connectivity index (χ0) is 16.1. The van der Waals surface area contributed by atoms with Gasteiger partial charge in [0.05, 0.1) is 27.2 Å². The maximum absolute atomic E-state index is 5.88. The maximum Gasteiger partial charge on any atom is 0.183 e. The van der Waals surface area contributed by atoms with E-state index in [1.807, 2.05) is 6.07 Å². The van der Waals surface area contributed by atoms with Crippen LogP contribution in [-0.4, -0.2) is 31.9 Å². The topological polar surface area (TPSA) is 9.23 Å². The Morgan fingerprint density at radius 2 is 1.39 bits per heavy atom. The van der Waals surface area contributed by atoms with E-state index >= 15 is 0 Å². The highest BCUT2D eigenvalue weighted by molar-refractivity contribution is 5.13. The Labute approximate surface area is 154 Å². The summed E-state index contributed by atoms with van der Waals surface area (Å²) in [5.74, 6) is 0. The van der Waals surface area contributed by atoms with Crippen molar-refractivity contribution in [2.45, 2.75) is 64.9 Å². The molecule has 1 aromatic carbocycles. The monoisotopic (exact) mass is 385 g/mol. The fraction of sp³-hybridized carbons (Fsp3) is 0.700. The van der Waals surface area contributed by atoms with Gasteiger partial charge in [0.25, 0.3) is 0 Å². The minimum absolute atomic E-state index is 0. The highest BCUT2D eigenvalue weighted by Gasteiger charge is 2.14. The highest BCUT2D eigenvalue weighted by Crippen LogP contribution is 2.11. The molecule has 0 bridgehead atoms. The van der Waals surface area contributed by atoms with Crippen LogP contribution in [0.4, 0.5) is 0 Å². The number of ether oxygens (including phenoxy) is 1. The molecular formula is C20H36BrNO. The Kier molecular flexibility index (Phi) is 13.8. The van der Waals surface area contributed by atoms with Gasteiger partial charge in [-0.15, -0.1) is 0 Å². The number of benzene rings is 1. The van der Waals surface area contributed by atoms with Crippen LogP contribution in [0.25, 0.3) is 0 Å². The third kappa shape index (κ3) is 12.7. The lowest BCUT2D eigenvalue weighted by atomic mass is 10.1. The van der Waals surface area contributed by atoms with E-state index in [1.165, 1.54) is 63.5 Å². The van der Waals surface area contributed by atoms with Gasteiger partial charge in [0.2, 0.25) is 0 Å². The molecule has 0 radical (unpaired) electrons. The lowest BCUT2D eigenvalue weighted by Gasteiger charge is -2.29. The van der Waals surface area contributed by atoms with Crippen molar-refractivity contribution in [3.63, 3.8) is 0 Å². The van der Waals surface area contributed by atoms with Crippen LogP contribution >= 0.6 is 0 Å². The van der Waals surface area contributed by atoms with Gasteiger partial charge in [-0.05, 0) is 18.4 Å². The lowest BCUT2D eigenvalue weighted by Crippen LogP contribution is -3.00. The summed E-state index contributed by atoms with van der Waals surface area (Å²) in [6, 6.07) is 10.4. The molecule has 0 saturated heterocycles. The predicted octanol–water partition coefficient (Wildman–Crippen LogP) is 2.38. The van der Waals surface area contributed by atoms with E-state index in [0.29, 0.717) is 0 Å². The molecule has 0 aromatic heterocycles. The molecule has 0 aliphatic carbocycles. The van der Waals surface area contributed by atoms with Crippen LogP contribution in [-0.2, 0) is 11.3 Å². The second-order valence-electron chi connectivity index (χ2n) is 7.10. The molecule has 0 aliphatic heterocycles. The molecule has 0 atom stereocenters. The second-order valence-corrected chi connectivity index (χ2v) is 7.10. The molecule has 1 aromatic rings. The van der Waals surface area contributed by atoms with Crippen LogP contribution in [0.1, 0.15) is 63.9 Å². The van der Waals surface area contributed by atoms with Crippen molar-refractivity contribution in [3.8, 4) is 0 Å². The molecular weight excluding hydrogens is 350 g/mol. The predicted molar refractivity (Wildman–Crippen MR) is 95.7 cm³/mol. The Hall–Kier alpha value is -0.380. The SMILES string of the molecule is CCCCCCCCCC[N+](C)(C)COCc1ccccc1.[Br-]. The summed E-state index contributed by atoms with van der Waals surface area (Å²) in [5.41, 5.74) is 1.26. The van der Waals surface area contributed by atoms with E-state index in [0.717, 1.165) is 17.8 Å². The zero-order valence-electron chi connectivity index (χ0n) is 15.4. The van der Waals surface area contributed by atoms with E-state index < -0.39 is 0 Å². The Bertz CT molecular complexity index is 367. The molecule has 0 fully saturated rings. The standard InChI is InChI=1S/C20H36NO.BrH/c1-4-5-6-7-8-9-10-14-17-21(2,3)19-22-18-20-15-12-11-13-16-20;/h11-13,15-16H,4-10,14,17-19H2,1-3H3;1H/q+1;/p-1. The average molecular weight is 386 g/mol. The van der Waals surface area contributed by atoms with Gasteiger partial charge >= 0.3 is 0 Å². The normalized spacial score (nSPS) is 11.3. The Morgan fingerprint density at radius 1 is 0.826 bits per heavy atom. The van der Waals surface area contributed by atoms with Crippen molar-refractivity contribution in [2.24, 2.45) is 0 Å². The number of quaternary nitrogens is 1. The van der Waals surface area contributed by atoms with Crippen LogP contribution in [0.2, 0.25) is 0 Å². The molecule has 2 nitrogen and oxygen atoms in total. The first-order chi connectivity index (χ1) is 10.6. The van der Waals surface area contributed by atoms with Crippen LogP contribution in [0.3, 0.4) is 0 Å². The number of unbranched alkanes of at least 4 members (excludes halogenated alkanes) is 7. The lowest BCUT2D eigenvalue weighted by molar-refractivity contribution is -0.910. The van der Waals surface area contributed by atoms with E-state index in [1.54, 1.807) is 0 Å². The molecule has 1 rings (SSSR count). The number of hydrogen-bond donors (Lipinski definition) is 0. The summed E-state index contributed by atoms with van der Waals surface area (Å²) in [4.78, 5) is 0. The number of hydrogen-bond acceptors (Lipinski definition) is 1. The van der Waals surface area contributed by atoms with E-state index in [4.69, 9.17) is 4.74 Å². The van der Waals surface area contributed by atoms with Crippen LogP contribution < -0.4 is 17.0 Å². The van der Waals surface area contributed by atoms with E-state index in [-0.39, 0.29) is 17.0 Å². The molecule has 23 heavy (non-hydrogen) atoms. The molecule has 0 amide bonds. The molecule has 0 unspecified atom stereocenters. The van der Waals surface area contributed by atoms with E-state index in [2.05, 4.69) is 45.3 Å². The minimum Gasteiger partial charge on any atom is -1.00 e. The van der Waals surface area contributed by atoms with Gasteiger partial charge in [0.15, 0.2) is 6.73 Å². The zero-order valence-corrected chi connectivity index (χ0v) is 17.0. The minimum atomic E-state index is 0. The van der Waals surface area contributed by atoms with Gasteiger partial charge in [0, 0.05) is 0 Å². The molecule has 0 heterocycles. The van der Waals surface area contributed by atoms with Crippen molar-refractivity contribution in [1.82, 2.24) is 0 Å². The van der Waals surface area contributed by atoms with Gasteiger partial charge in [-0.1, -0.05) is 75.8 Å². The Balaban J connectivity index is 0.00000484. The molecule has 0 aliphatic rings. The summed E-state index contributed by atoms with van der Waals surface area (Å²) in [6.07, 6.45) is 11.1. The van der Waals surface area contributed by atoms with Gasteiger partial charge in [-0.25, -0.2) is 0 Å². The summed E-state index contributed by atoms with van der Waals surface area (Å²) in [6.45, 7) is 5.01. The third-order valence-electron chi connectivity index (χ3n) is 4.17. The van der Waals surface area contributed by atoms with E-state index in [9.17, 15) is 0 Å². The smallest absolute Gasteiger partial charge is 0.183 e. The first kappa shape index (κ1) is 22.6. The van der Waals surface area contributed by atoms with Crippen LogP contribution in [0.5, 0.6) is 0 Å². The van der Waals surface area contributed by atoms with Crippen molar-refractivity contribution < 1.29 is 26.2 Å². The number of nitrogens with zero attached hydrogens (tertiary/aromatic N) is 1. The largest absolute Gasteiger partial charge is 1.00 e. The average Bonchev–Trinajstić information content (AvgIpc) is 2.51. The first-order valence-corrected chi connectivity index (χ1v) is 9.08. The summed E-state index contributed by atoms with van der Waals surface area (Å²) in [7, 11) is 4.54. The van der Waals surface area contributed by atoms with Gasteiger partial charge in [-0.2, -0.15) is 0 Å². The van der Waals surface area contributed by atoms with Crippen LogP contribution in [0, 0.1) is 0 Å². The molecule has 0 saturated carbocycles. The van der Waals surface area contributed by atoms with Crippen molar-refractivity contribution in [3.05, 3.63) is 35.9 Å². The van der Waals surface area contributed by atoms with Crippen molar-refractivity contribution >= 4 is 0 Å². The first-order valence-electron chi connectivity index (χ1n) is 9.08. The van der Waals surface area contributed by atoms with Gasteiger partial charge < -0.3 is 26.2 Å². The quantitative estimate of drug-likeness (QED) is 0.287. The fourth-order valence-corrected chi connectivity index (χ4v) is 2.72. The van der Waals surface area contributed by atoms with Crippen molar-refractivity contribution in [2.75, 3.05) is 27.4 Å².